The maximum atomic E-state index is 12.0. The minimum atomic E-state index is -0.543. The first-order valence-corrected chi connectivity index (χ1v) is 11.8. The highest BCUT2D eigenvalue weighted by Gasteiger charge is 2.20. The van der Waals surface area contributed by atoms with Crippen molar-refractivity contribution in [3.05, 3.63) is 0 Å². The average molecular weight is 458 g/mol. The molecule has 0 fully saturated rings. The van der Waals surface area contributed by atoms with Crippen LogP contribution >= 0.6 is 0 Å². The minimum absolute atomic E-state index is 0.126. The average Bonchev–Trinajstić information content (AvgIpc) is 2.64. The second-order valence-corrected chi connectivity index (χ2v) is 10.5. The number of amides is 3. The number of nitrogens with zero attached hydrogens (tertiary/aromatic N) is 2. The third-order valence-electron chi connectivity index (χ3n) is 4.58. The molecule has 0 aromatic rings. The van der Waals surface area contributed by atoms with Gasteiger partial charge in [-0.3, -0.25) is 4.79 Å². The molecule has 0 spiro atoms. The van der Waals surface area contributed by atoms with Crippen molar-refractivity contribution in [2.24, 2.45) is 0 Å². The monoisotopic (exact) mass is 457 g/mol. The van der Waals surface area contributed by atoms with Crippen molar-refractivity contribution in [3.63, 3.8) is 0 Å². The highest BCUT2D eigenvalue weighted by atomic mass is 16.6. The lowest BCUT2D eigenvalue weighted by atomic mass is 10.1. The molecule has 3 amide bonds. The van der Waals surface area contributed by atoms with Crippen molar-refractivity contribution in [2.75, 3.05) is 33.8 Å². The SMILES string of the molecule is CN(CCN(C)C(=O)OC(C)(C)C)C(=O)OCCCCCCCCCC(=O)NC(C)(C)C. The van der Waals surface area contributed by atoms with Crippen LogP contribution in [0.25, 0.3) is 0 Å². The van der Waals surface area contributed by atoms with Crippen molar-refractivity contribution in [3.8, 4) is 0 Å². The maximum Gasteiger partial charge on any atom is 0.410 e. The molecule has 0 unspecified atom stereocenters. The van der Waals surface area contributed by atoms with E-state index in [1.165, 1.54) is 9.80 Å². The molecule has 0 rings (SSSR count). The lowest BCUT2D eigenvalue weighted by molar-refractivity contribution is -0.122. The topological polar surface area (TPSA) is 88.2 Å². The third-order valence-corrected chi connectivity index (χ3v) is 4.58. The Balaban J connectivity index is 3.70. The number of hydrogen-bond donors (Lipinski definition) is 1. The van der Waals surface area contributed by atoms with Crippen LogP contribution in [0.2, 0.25) is 0 Å². The summed E-state index contributed by atoms with van der Waals surface area (Å²) in [5.74, 6) is 0.126. The van der Waals surface area contributed by atoms with Crippen LogP contribution in [0.3, 0.4) is 0 Å². The second kappa shape index (κ2) is 15.0. The number of hydrogen-bond acceptors (Lipinski definition) is 5. The summed E-state index contributed by atoms with van der Waals surface area (Å²) in [4.78, 5) is 38.6. The standard InChI is InChI=1S/C24H47N3O5/c1-23(2,3)25-20(28)16-14-12-10-9-11-13-15-19-31-21(29)26(7)17-18-27(8)22(30)32-24(4,5)6/h9-19H2,1-8H3,(H,25,28). The summed E-state index contributed by atoms with van der Waals surface area (Å²) in [6.45, 7) is 12.6. The van der Waals surface area contributed by atoms with Gasteiger partial charge in [0.15, 0.2) is 0 Å². The molecule has 0 aromatic carbocycles. The number of nitrogens with one attached hydrogen (secondary N) is 1. The van der Waals surface area contributed by atoms with Gasteiger partial charge < -0.3 is 24.6 Å². The van der Waals surface area contributed by atoms with Crippen molar-refractivity contribution >= 4 is 18.1 Å². The fourth-order valence-corrected chi connectivity index (χ4v) is 2.84. The largest absolute Gasteiger partial charge is 0.449 e. The van der Waals surface area contributed by atoms with Crippen LogP contribution in [0.1, 0.15) is 92.9 Å². The van der Waals surface area contributed by atoms with E-state index in [-0.39, 0.29) is 17.5 Å². The summed E-state index contributed by atoms with van der Waals surface area (Å²) >= 11 is 0. The van der Waals surface area contributed by atoms with E-state index in [1.807, 2.05) is 41.5 Å². The Morgan fingerprint density at radius 2 is 1.19 bits per heavy atom. The predicted octanol–water partition coefficient (Wildman–Crippen LogP) is 4.96. The number of carbonyl (C=O) groups excluding carboxylic acids is 3. The number of ether oxygens (including phenoxy) is 2. The number of unbranched alkanes of at least 4 members (excludes halogenated alkanes) is 6. The van der Waals surface area contributed by atoms with Gasteiger partial charge in [0, 0.05) is 39.1 Å². The Morgan fingerprint density at radius 3 is 1.69 bits per heavy atom. The van der Waals surface area contributed by atoms with Crippen molar-refractivity contribution < 1.29 is 23.9 Å². The molecule has 0 saturated heterocycles. The fraction of sp³-hybridized carbons (Fsp3) is 0.875. The zero-order chi connectivity index (χ0) is 24.8. The van der Waals surface area contributed by atoms with Gasteiger partial charge in [0.25, 0.3) is 0 Å². The molecule has 0 radical (unpaired) electrons. The van der Waals surface area contributed by atoms with Crippen LogP contribution in [-0.2, 0) is 14.3 Å². The lowest BCUT2D eigenvalue weighted by Crippen LogP contribution is -2.40. The van der Waals surface area contributed by atoms with Gasteiger partial charge >= 0.3 is 12.2 Å². The van der Waals surface area contributed by atoms with Gasteiger partial charge in [-0.25, -0.2) is 9.59 Å². The van der Waals surface area contributed by atoms with Gasteiger partial charge in [0.2, 0.25) is 5.91 Å². The summed E-state index contributed by atoms with van der Waals surface area (Å²) in [7, 11) is 3.31. The Morgan fingerprint density at radius 1 is 0.719 bits per heavy atom. The van der Waals surface area contributed by atoms with E-state index in [0.29, 0.717) is 26.1 Å². The Kier molecular flexibility index (Phi) is 14.0. The molecule has 0 saturated carbocycles. The quantitative estimate of drug-likeness (QED) is 0.395. The smallest absolute Gasteiger partial charge is 0.410 e. The molecule has 0 aliphatic carbocycles. The molecule has 8 nitrogen and oxygen atoms in total. The van der Waals surface area contributed by atoms with Gasteiger partial charge in [0.05, 0.1) is 6.61 Å². The van der Waals surface area contributed by atoms with E-state index in [0.717, 1.165) is 44.9 Å². The molecule has 0 aliphatic rings. The molecule has 0 bridgehead atoms. The molecule has 1 N–H and O–H groups in total. The molecule has 188 valence electrons. The minimum Gasteiger partial charge on any atom is -0.449 e. The molecule has 32 heavy (non-hydrogen) atoms. The molecular formula is C24H47N3O5. The van der Waals surface area contributed by atoms with Crippen molar-refractivity contribution in [2.45, 2.75) is 104 Å². The summed E-state index contributed by atoms with van der Waals surface area (Å²) in [5, 5.41) is 2.98. The van der Waals surface area contributed by atoms with Crippen molar-refractivity contribution in [1.82, 2.24) is 15.1 Å². The van der Waals surface area contributed by atoms with Crippen LogP contribution < -0.4 is 5.32 Å². The van der Waals surface area contributed by atoms with E-state index in [9.17, 15) is 14.4 Å². The number of carbonyl (C=O) groups is 3. The van der Waals surface area contributed by atoms with Gasteiger partial charge in [0.1, 0.15) is 5.60 Å². The fourth-order valence-electron chi connectivity index (χ4n) is 2.84. The van der Waals surface area contributed by atoms with Crippen LogP contribution in [0.5, 0.6) is 0 Å². The molecule has 0 aliphatic heterocycles. The summed E-state index contributed by atoms with van der Waals surface area (Å²) in [6.07, 6.45) is 7.00. The van der Waals surface area contributed by atoms with Gasteiger partial charge in [-0.2, -0.15) is 0 Å². The normalized spacial score (nSPS) is 11.6. The zero-order valence-electron chi connectivity index (χ0n) is 21.7. The first kappa shape index (κ1) is 30.0. The molecule has 0 aromatic heterocycles. The first-order chi connectivity index (χ1) is 14.7. The van der Waals surface area contributed by atoms with Gasteiger partial charge in [-0.05, 0) is 54.4 Å². The lowest BCUT2D eigenvalue weighted by Gasteiger charge is -2.26. The zero-order valence-corrected chi connectivity index (χ0v) is 21.7. The predicted molar refractivity (Wildman–Crippen MR) is 128 cm³/mol. The maximum absolute atomic E-state index is 12.0. The number of rotatable bonds is 13. The summed E-state index contributed by atoms with van der Waals surface area (Å²) in [5.41, 5.74) is -0.704. The van der Waals surface area contributed by atoms with E-state index in [2.05, 4.69) is 5.32 Å². The number of likely N-dealkylation sites (N-methyl/N-ethyl adjacent to an activating group) is 2. The van der Waals surface area contributed by atoms with Crippen LogP contribution in [-0.4, -0.2) is 72.8 Å². The van der Waals surface area contributed by atoms with Gasteiger partial charge in [-0.15, -0.1) is 0 Å². The van der Waals surface area contributed by atoms with E-state index in [4.69, 9.17) is 9.47 Å². The van der Waals surface area contributed by atoms with E-state index in [1.54, 1.807) is 14.1 Å². The molecule has 0 heterocycles. The second-order valence-electron chi connectivity index (χ2n) is 10.5. The van der Waals surface area contributed by atoms with E-state index < -0.39 is 11.7 Å². The Hall–Kier alpha value is -1.99. The van der Waals surface area contributed by atoms with Crippen molar-refractivity contribution in [1.29, 1.82) is 0 Å². The Labute approximate surface area is 195 Å². The highest BCUT2D eigenvalue weighted by Crippen LogP contribution is 2.10. The van der Waals surface area contributed by atoms with Crippen LogP contribution in [0.4, 0.5) is 9.59 Å². The Bertz CT molecular complexity index is 567. The molecule has 0 atom stereocenters. The summed E-state index contributed by atoms with van der Waals surface area (Å²) in [6, 6.07) is 0. The first-order valence-electron chi connectivity index (χ1n) is 11.8. The molecule has 8 heteroatoms. The highest BCUT2D eigenvalue weighted by molar-refractivity contribution is 5.76. The molecular weight excluding hydrogens is 410 g/mol. The van der Waals surface area contributed by atoms with Crippen LogP contribution in [0.15, 0.2) is 0 Å². The summed E-state index contributed by atoms with van der Waals surface area (Å²) < 4.78 is 10.6. The van der Waals surface area contributed by atoms with Crippen LogP contribution in [0, 0.1) is 0 Å². The van der Waals surface area contributed by atoms with E-state index >= 15 is 0 Å². The van der Waals surface area contributed by atoms with Gasteiger partial charge in [-0.1, -0.05) is 32.1 Å². The third kappa shape index (κ3) is 17.7.